The van der Waals surface area contributed by atoms with Crippen LogP contribution in [0.1, 0.15) is 50.1 Å². The van der Waals surface area contributed by atoms with E-state index in [9.17, 15) is 14.0 Å². The van der Waals surface area contributed by atoms with Crippen molar-refractivity contribution in [1.82, 2.24) is 24.4 Å². The molecular formula is C26H32FN7O4. The molecule has 38 heavy (non-hydrogen) atoms. The highest BCUT2D eigenvalue weighted by Crippen LogP contribution is 2.32. The second-order valence-electron chi connectivity index (χ2n) is 10.3. The van der Waals surface area contributed by atoms with Gasteiger partial charge >= 0.3 is 6.03 Å². The van der Waals surface area contributed by atoms with Gasteiger partial charge in [0.15, 0.2) is 5.65 Å². The van der Waals surface area contributed by atoms with Crippen molar-refractivity contribution < 1.29 is 18.7 Å². The molecule has 2 saturated carbocycles. The third kappa shape index (κ3) is 4.51. The van der Waals surface area contributed by atoms with Crippen LogP contribution in [0.2, 0.25) is 0 Å². The zero-order valence-electron chi connectivity index (χ0n) is 21.4. The number of fused-ring (bicyclic) bond motifs is 4. The Bertz CT molecular complexity index is 1410. The van der Waals surface area contributed by atoms with Crippen LogP contribution in [0.4, 0.5) is 26.4 Å². The first kappa shape index (κ1) is 24.8. The maximum Gasteiger partial charge on any atom is 0.328 e. The van der Waals surface area contributed by atoms with Gasteiger partial charge in [-0.1, -0.05) is 0 Å². The Kier molecular flexibility index (Phi) is 6.52. The molecule has 4 heterocycles. The van der Waals surface area contributed by atoms with Crippen molar-refractivity contribution in [3.63, 3.8) is 0 Å². The highest BCUT2D eigenvalue weighted by molar-refractivity contribution is 5.94. The molecular weight excluding hydrogens is 493 g/mol. The van der Waals surface area contributed by atoms with E-state index in [4.69, 9.17) is 9.47 Å². The third-order valence-corrected chi connectivity index (χ3v) is 7.95. The summed E-state index contributed by atoms with van der Waals surface area (Å²) in [5.41, 5.74) is 2.44. The van der Waals surface area contributed by atoms with Gasteiger partial charge in [-0.3, -0.25) is 4.79 Å². The van der Waals surface area contributed by atoms with E-state index < -0.39 is 24.3 Å². The van der Waals surface area contributed by atoms with Gasteiger partial charge in [-0.05, 0) is 37.3 Å². The summed E-state index contributed by atoms with van der Waals surface area (Å²) in [5.74, 6) is 0.390. The summed E-state index contributed by atoms with van der Waals surface area (Å²) in [5, 5.41) is 9.19. The molecule has 11 nitrogen and oxygen atoms in total. The van der Waals surface area contributed by atoms with Gasteiger partial charge in [0, 0.05) is 45.3 Å². The van der Waals surface area contributed by atoms with Crippen molar-refractivity contribution in [2.45, 2.75) is 75.6 Å². The highest BCUT2D eigenvalue weighted by Gasteiger charge is 2.37. The molecule has 0 radical (unpaired) electrons. The lowest BCUT2D eigenvalue weighted by atomic mass is 9.92. The number of hydrogen-bond acceptors (Lipinski definition) is 8. The number of imidazole rings is 1. The molecule has 2 aliphatic carbocycles. The maximum atomic E-state index is 14.5. The molecule has 3 aliphatic rings. The van der Waals surface area contributed by atoms with E-state index in [1.54, 1.807) is 30.9 Å². The Morgan fingerprint density at radius 2 is 2.00 bits per heavy atom. The predicted molar refractivity (Wildman–Crippen MR) is 140 cm³/mol. The number of carbonyl (C=O) groups is 1. The molecule has 1 amide bonds. The maximum absolute atomic E-state index is 14.5. The normalized spacial score (nSPS) is 27.4. The summed E-state index contributed by atoms with van der Waals surface area (Å²) < 4.78 is 29.2. The van der Waals surface area contributed by atoms with Crippen LogP contribution in [0.5, 0.6) is 0 Å². The number of rotatable bonds is 3. The quantitative estimate of drug-likeness (QED) is 0.475. The van der Waals surface area contributed by atoms with Crippen LogP contribution >= 0.6 is 0 Å². The number of pyridine rings is 2. The number of nitrogens with zero attached hydrogens (tertiary/aromatic N) is 4. The minimum Gasteiger partial charge on any atom is -0.386 e. The number of carbonyl (C=O) groups excluding carboxylic acids is 1. The van der Waals surface area contributed by atoms with Crippen LogP contribution in [0.15, 0.2) is 29.5 Å². The monoisotopic (exact) mass is 525 g/mol. The molecule has 12 heteroatoms. The lowest BCUT2D eigenvalue weighted by molar-refractivity contribution is 0.0268. The van der Waals surface area contributed by atoms with Crippen LogP contribution in [-0.4, -0.2) is 63.7 Å². The van der Waals surface area contributed by atoms with Crippen molar-refractivity contribution >= 4 is 34.4 Å². The zero-order chi connectivity index (χ0) is 26.4. The zero-order valence-corrected chi connectivity index (χ0v) is 21.4. The number of aromatic nitrogens is 4. The largest absolute Gasteiger partial charge is 0.386 e. The SMILES string of the molecule is CNc1cc2nc3c1ncn3C(=O)NC1CC(F)C[C@H]1OCc1cc(c(=O)n(C3CCC(OC)CC3)c1)N2. The molecule has 4 bridgehead atoms. The number of methoxy groups -OCH3 is 1. The summed E-state index contributed by atoms with van der Waals surface area (Å²) in [6.45, 7) is 0.177. The molecule has 3 aromatic rings. The predicted octanol–water partition coefficient (Wildman–Crippen LogP) is 3.47. The van der Waals surface area contributed by atoms with Crippen molar-refractivity contribution in [3.8, 4) is 0 Å². The molecule has 202 valence electrons. The molecule has 2 unspecified atom stereocenters. The Labute approximate surface area is 218 Å². The molecule has 3 atom stereocenters. The number of alkyl halides is 1. The molecule has 0 spiro atoms. The first-order valence-electron chi connectivity index (χ1n) is 13.1. The van der Waals surface area contributed by atoms with E-state index in [2.05, 4.69) is 25.9 Å². The number of anilines is 3. The van der Waals surface area contributed by atoms with Gasteiger partial charge in [-0.25, -0.2) is 23.7 Å². The van der Waals surface area contributed by atoms with Crippen LogP contribution in [-0.2, 0) is 16.1 Å². The first-order valence-corrected chi connectivity index (χ1v) is 13.1. The van der Waals surface area contributed by atoms with Gasteiger partial charge in [0.05, 0.1) is 30.5 Å². The van der Waals surface area contributed by atoms with Crippen molar-refractivity contribution in [2.24, 2.45) is 0 Å². The standard InChI is InChI=1S/C26H32FN7O4/c1-28-19-10-22-30-20-7-14(11-33(25(20)35)16-3-5-17(37-2)6-4-16)12-38-21-9-15(27)8-18(21)31-26(36)34-13-29-23(19)24(34)32-22/h7,10-11,13,15-18,21H,3-6,8-9,12H2,1-2H3,(H,31,36)(H2,28,30,32)/t15?,16?,17?,18?,21-/m1/s1. The Hall–Kier alpha value is -3.51. The smallest absolute Gasteiger partial charge is 0.328 e. The van der Waals surface area contributed by atoms with Crippen LogP contribution in [0.25, 0.3) is 11.2 Å². The summed E-state index contributed by atoms with van der Waals surface area (Å²) >= 11 is 0. The van der Waals surface area contributed by atoms with Crippen molar-refractivity contribution in [1.29, 1.82) is 0 Å². The van der Waals surface area contributed by atoms with E-state index in [0.29, 0.717) is 28.4 Å². The van der Waals surface area contributed by atoms with Gasteiger partial charge in [0.2, 0.25) is 0 Å². The molecule has 2 fully saturated rings. The molecule has 6 rings (SSSR count). The lowest BCUT2D eigenvalue weighted by Gasteiger charge is -2.30. The van der Waals surface area contributed by atoms with Crippen molar-refractivity contribution in [2.75, 3.05) is 24.8 Å². The van der Waals surface area contributed by atoms with Crippen LogP contribution < -0.4 is 21.5 Å². The van der Waals surface area contributed by atoms with E-state index in [0.717, 1.165) is 31.2 Å². The highest BCUT2D eigenvalue weighted by atomic mass is 19.1. The van der Waals surface area contributed by atoms with E-state index in [1.807, 2.05) is 6.20 Å². The number of amides is 1. The van der Waals surface area contributed by atoms with Gasteiger partial charge < -0.3 is 30.0 Å². The average Bonchev–Trinajstić information content (AvgIpc) is 3.50. The second-order valence-corrected chi connectivity index (χ2v) is 10.3. The van der Waals surface area contributed by atoms with Crippen LogP contribution in [0, 0.1) is 0 Å². The summed E-state index contributed by atoms with van der Waals surface area (Å²) in [7, 11) is 3.48. The number of halogens is 1. The first-order chi connectivity index (χ1) is 18.4. The number of hydrogen-bond donors (Lipinski definition) is 3. The fourth-order valence-electron chi connectivity index (χ4n) is 5.90. The fourth-order valence-corrected chi connectivity index (χ4v) is 5.90. The van der Waals surface area contributed by atoms with Crippen LogP contribution in [0.3, 0.4) is 0 Å². The van der Waals surface area contributed by atoms with Gasteiger partial charge in [0.1, 0.15) is 29.5 Å². The molecule has 0 saturated heterocycles. The topological polar surface area (TPSA) is 124 Å². The molecule has 0 aromatic carbocycles. The Morgan fingerprint density at radius 1 is 1.18 bits per heavy atom. The minimum atomic E-state index is -1.08. The minimum absolute atomic E-state index is 0.0340. The molecule has 1 aliphatic heterocycles. The average molecular weight is 526 g/mol. The van der Waals surface area contributed by atoms with E-state index in [1.165, 1.54) is 10.9 Å². The number of ether oxygens (including phenoxy) is 2. The molecule has 3 aromatic heterocycles. The fraction of sp³-hybridized carbons (Fsp3) is 0.538. The lowest BCUT2D eigenvalue weighted by Crippen LogP contribution is -2.43. The second kappa shape index (κ2) is 9.99. The molecule has 3 N–H and O–H groups in total. The number of nitrogens with one attached hydrogen (secondary N) is 3. The van der Waals surface area contributed by atoms with E-state index >= 15 is 0 Å². The van der Waals surface area contributed by atoms with E-state index in [-0.39, 0.29) is 37.2 Å². The summed E-state index contributed by atoms with van der Waals surface area (Å²) in [6.07, 6.45) is 5.64. The van der Waals surface area contributed by atoms with Crippen molar-refractivity contribution in [3.05, 3.63) is 40.6 Å². The summed E-state index contributed by atoms with van der Waals surface area (Å²) in [6, 6.07) is 2.59. The van der Waals surface area contributed by atoms with Gasteiger partial charge in [-0.2, -0.15) is 0 Å². The third-order valence-electron chi connectivity index (χ3n) is 7.95. The van der Waals surface area contributed by atoms with Gasteiger partial charge in [0.25, 0.3) is 5.56 Å². The Balaban J connectivity index is 1.46. The Morgan fingerprint density at radius 3 is 2.76 bits per heavy atom. The summed E-state index contributed by atoms with van der Waals surface area (Å²) in [4.78, 5) is 35.9. The van der Waals surface area contributed by atoms with Gasteiger partial charge in [-0.15, -0.1) is 0 Å².